The number of carbonyl (C=O) groups excluding carboxylic acids is 2. The Labute approximate surface area is 143 Å². The molecule has 0 amide bonds. The van der Waals surface area contributed by atoms with Crippen molar-refractivity contribution < 1.29 is 23.5 Å². The van der Waals surface area contributed by atoms with Crippen LogP contribution in [0.25, 0.3) is 0 Å². The maximum absolute atomic E-state index is 11.7. The largest absolute Gasteiger partial charge is 0.483 e. The van der Waals surface area contributed by atoms with E-state index in [4.69, 9.17) is 37.1 Å². The average molecular weight is 357 g/mol. The molecule has 0 spiro atoms. The average Bonchev–Trinajstić information content (AvgIpc) is 2.93. The monoisotopic (exact) mass is 356 g/mol. The lowest BCUT2D eigenvalue weighted by Crippen LogP contribution is -2.10. The molecule has 0 aliphatic heterocycles. The Morgan fingerprint density at radius 1 is 1.30 bits per heavy atom. The first-order chi connectivity index (χ1) is 10.9. The predicted octanol–water partition coefficient (Wildman–Crippen LogP) is 4.54. The molecule has 0 aliphatic carbocycles. The van der Waals surface area contributed by atoms with Crippen LogP contribution in [0.3, 0.4) is 0 Å². The molecule has 0 N–H and O–H groups in total. The third-order valence-electron chi connectivity index (χ3n) is 2.73. The van der Waals surface area contributed by atoms with E-state index >= 15 is 0 Å². The van der Waals surface area contributed by atoms with Gasteiger partial charge in [-0.1, -0.05) is 23.2 Å². The molecule has 0 atom stereocenters. The van der Waals surface area contributed by atoms with Crippen molar-refractivity contribution in [2.75, 3.05) is 0 Å². The van der Waals surface area contributed by atoms with Crippen molar-refractivity contribution in [3.05, 3.63) is 51.4 Å². The van der Waals surface area contributed by atoms with Crippen LogP contribution in [0.5, 0.6) is 5.75 Å². The molecule has 0 unspecified atom stereocenters. The van der Waals surface area contributed by atoms with Crippen molar-refractivity contribution in [2.24, 2.45) is 0 Å². The van der Waals surface area contributed by atoms with Crippen molar-refractivity contribution in [2.45, 2.75) is 26.6 Å². The van der Waals surface area contributed by atoms with Crippen molar-refractivity contribution >= 4 is 35.5 Å². The second kappa shape index (κ2) is 7.53. The molecule has 0 fully saturated rings. The van der Waals surface area contributed by atoms with Gasteiger partial charge in [0.2, 0.25) is 5.76 Å². The predicted molar refractivity (Wildman–Crippen MR) is 85.4 cm³/mol. The molecule has 1 heterocycles. The summed E-state index contributed by atoms with van der Waals surface area (Å²) in [5.41, 5.74) is 0.230. The molecule has 0 bridgehead atoms. The van der Waals surface area contributed by atoms with E-state index in [-0.39, 0.29) is 34.8 Å². The lowest BCUT2D eigenvalue weighted by atomic mass is 10.2. The zero-order valence-corrected chi connectivity index (χ0v) is 14.0. The van der Waals surface area contributed by atoms with Gasteiger partial charge in [0.1, 0.15) is 18.1 Å². The van der Waals surface area contributed by atoms with Gasteiger partial charge in [0.05, 0.1) is 16.7 Å². The topological polar surface area (TPSA) is 65.7 Å². The van der Waals surface area contributed by atoms with Crippen LogP contribution in [-0.4, -0.2) is 18.4 Å². The molecule has 5 nitrogen and oxygen atoms in total. The molecule has 0 saturated heterocycles. The minimum absolute atomic E-state index is 0.00283. The van der Waals surface area contributed by atoms with Gasteiger partial charge in [-0.3, -0.25) is 4.79 Å². The summed E-state index contributed by atoms with van der Waals surface area (Å²) < 4.78 is 15.9. The molecular weight excluding hydrogens is 343 g/mol. The van der Waals surface area contributed by atoms with Crippen molar-refractivity contribution in [3.8, 4) is 5.75 Å². The summed E-state index contributed by atoms with van der Waals surface area (Å²) in [6.45, 7) is 3.49. The zero-order valence-electron chi connectivity index (χ0n) is 12.5. The third kappa shape index (κ3) is 4.50. The maximum Gasteiger partial charge on any atom is 0.374 e. The van der Waals surface area contributed by atoms with Crippen molar-refractivity contribution in [1.82, 2.24) is 0 Å². The molecule has 122 valence electrons. The molecule has 1 aromatic heterocycles. The van der Waals surface area contributed by atoms with Crippen LogP contribution in [0.1, 0.15) is 40.5 Å². The highest BCUT2D eigenvalue weighted by molar-refractivity contribution is 6.36. The number of carbonyl (C=O) groups is 2. The van der Waals surface area contributed by atoms with E-state index in [1.54, 1.807) is 19.9 Å². The van der Waals surface area contributed by atoms with E-state index in [0.717, 1.165) is 0 Å². The fraction of sp³-hybridized carbons (Fsp3) is 0.250. The summed E-state index contributed by atoms with van der Waals surface area (Å²) >= 11 is 11.8. The summed E-state index contributed by atoms with van der Waals surface area (Å²) in [6, 6.07) is 6.00. The van der Waals surface area contributed by atoms with Crippen LogP contribution in [0.15, 0.2) is 28.7 Å². The second-order valence-electron chi connectivity index (χ2n) is 4.93. The first-order valence-corrected chi connectivity index (χ1v) is 7.53. The summed E-state index contributed by atoms with van der Waals surface area (Å²) in [6.07, 6.45) is 0.357. The summed E-state index contributed by atoms with van der Waals surface area (Å²) in [7, 11) is 0. The van der Waals surface area contributed by atoms with Gasteiger partial charge in [-0.2, -0.15) is 0 Å². The molecule has 0 saturated carbocycles. The van der Waals surface area contributed by atoms with Gasteiger partial charge in [0.15, 0.2) is 6.29 Å². The van der Waals surface area contributed by atoms with Crippen LogP contribution in [0, 0.1) is 0 Å². The highest BCUT2D eigenvalue weighted by Crippen LogP contribution is 2.32. The van der Waals surface area contributed by atoms with Gasteiger partial charge in [0.25, 0.3) is 0 Å². The molecule has 2 rings (SSSR count). The number of hydrogen-bond donors (Lipinski definition) is 0. The fourth-order valence-electron chi connectivity index (χ4n) is 1.80. The summed E-state index contributed by atoms with van der Waals surface area (Å²) in [5, 5.41) is 0.548. The van der Waals surface area contributed by atoms with Crippen molar-refractivity contribution in [1.29, 1.82) is 0 Å². The fourth-order valence-corrected chi connectivity index (χ4v) is 2.36. The number of hydrogen-bond acceptors (Lipinski definition) is 5. The molecule has 0 aliphatic rings. The van der Waals surface area contributed by atoms with Gasteiger partial charge >= 0.3 is 5.97 Å². The standard InChI is InChI=1S/C16H14Cl2O5/c1-9(2)22-16(20)14-4-3-12(23-14)8-21-15-10(7-19)5-11(17)6-13(15)18/h3-7,9H,8H2,1-2H3. The van der Waals surface area contributed by atoms with Gasteiger partial charge in [0, 0.05) is 5.02 Å². The SMILES string of the molecule is CC(C)OC(=O)c1ccc(COc2c(Cl)cc(Cl)cc2C=O)o1. The van der Waals surface area contributed by atoms with Gasteiger partial charge < -0.3 is 13.9 Å². The Hall–Kier alpha value is -1.98. The van der Waals surface area contributed by atoms with E-state index in [1.165, 1.54) is 18.2 Å². The van der Waals surface area contributed by atoms with Crippen LogP contribution in [0.2, 0.25) is 10.0 Å². The number of esters is 1. The van der Waals surface area contributed by atoms with Crippen LogP contribution in [0.4, 0.5) is 0 Å². The Kier molecular flexibility index (Phi) is 5.69. The minimum atomic E-state index is -0.552. The maximum atomic E-state index is 11.7. The number of benzene rings is 1. The van der Waals surface area contributed by atoms with E-state index in [0.29, 0.717) is 17.1 Å². The number of halogens is 2. The molecule has 1 aromatic carbocycles. The number of furan rings is 1. The smallest absolute Gasteiger partial charge is 0.374 e. The second-order valence-corrected chi connectivity index (χ2v) is 5.78. The molecular formula is C16H14Cl2O5. The van der Waals surface area contributed by atoms with Crippen LogP contribution < -0.4 is 4.74 Å². The van der Waals surface area contributed by atoms with Gasteiger partial charge in [-0.15, -0.1) is 0 Å². The van der Waals surface area contributed by atoms with E-state index in [2.05, 4.69) is 0 Å². The lowest BCUT2D eigenvalue weighted by molar-refractivity contribution is 0.0337. The summed E-state index contributed by atoms with van der Waals surface area (Å²) in [4.78, 5) is 22.8. The molecule has 7 heteroatoms. The first kappa shape index (κ1) is 17.4. The third-order valence-corrected chi connectivity index (χ3v) is 3.23. The quantitative estimate of drug-likeness (QED) is 0.561. The van der Waals surface area contributed by atoms with Crippen molar-refractivity contribution in [3.63, 3.8) is 0 Å². The van der Waals surface area contributed by atoms with Crippen LogP contribution in [-0.2, 0) is 11.3 Å². The highest BCUT2D eigenvalue weighted by Gasteiger charge is 2.16. The van der Waals surface area contributed by atoms with Gasteiger partial charge in [-0.25, -0.2) is 4.79 Å². The van der Waals surface area contributed by atoms with E-state index in [9.17, 15) is 9.59 Å². The Balaban J connectivity index is 2.09. The lowest BCUT2D eigenvalue weighted by Gasteiger charge is -2.09. The molecule has 23 heavy (non-hydrogen) atoms. The Bertz CT molecular complexity index is 721. The van der Waals surface area contributed by atoms with Gasteiger partial charge in [-0.05, 0) is 38.1 Å². The minimum Gasteiger partial charge on any atom is -0.483 e. The van der Waals surface area contributed by atoms with E-state index in [1.807, 2.05) is 0 Å². The number of ether oxygens (including phenoxy) is 2. The first-order valence-electron chi connectivity index (χ1n) is 6.77. The van der Waals surface area contributed by atoms with E-state index < -0.39 is 5.97 Å². The highest BCUT2D eigenvalue weighted by atomic mass is 35.5. The normalized spacial score (nSPS) is 10.7. The Morgan fingerprint density at radius 2 is 2.04 bits per heavy atom. The Morgan fingerprint density at radius 3 is 2.70 bits per heavy atom. The molecule has 0 radical (unpaired) electrons. The molecule has 2 aromatic rings. The van der Waals surface area contributed by atoms with Crippen LogP contribution >= 0.6 is 23.2 Å². The summed E-state index contributed by atoms with van der Waals surface area (Å²) in [5.74, 6) is 0.122. The number of rotatable bonds is 6. The number of aldehydes is 1. The zero-order chi connectivity index (χ0) is 17.0.